The molecule has 1 rings (SSSR count). The van der Waals surface area contributed by atoms with Crippen LogP contribution < -0.4 is 20.1 Å². The Kier molecular flexibility index (Phi) is 5.45. The van der Waals surface area contributed by atoms with E-state index in [0.717, 1.165) is 5.56 Å². The van der Waals surface area contributed by atoms with E-state index in [4.69, 9.17) is 9.47 Å². The summed E-state index contributed by atoms with van der Waals surface area (Å²) in [4.78, 5) is 11.3. The number of ether oxygens (including phenoxy) is 2. The predicted molar refractivity (Wildman–Crippen MR) is 69.9 cm³/mol. The maximum atomic E-state index is 11.3. The fraction of sp³-hybridized carbons (Fsp3) is 0.462. The van der Waals surface area contributed by atoms with E-state index >= 15 is 0 Å². The second kappa shape index (κ2) is 6.86. The first kappa shape index (κ1) is 14.3. The summed E-state index contributed by atoms with van der Waals surface area (Å²) >= 11 is 0. The van der Waals surface area contributed by atoms with E-state index in [1.165, 1.54) is 0 Å². The summed E-state index contributed by atoms with van der Waals surface area (Å²) in [5.74, 6) is 1.35. The third-order valence-corrected chi connectivity index (χ3v) is 2.70. The summed E-state index contributed by atoms with van der Waals surface area (Å²) in [5, 5.41) is 5.73. The summed E-state index contributed by atoms with van der Waals surface area (Å²) in [5.41, 5.74) is 1.03. The van der Waals surface area contributed by atoms with Gasteiger partial charge in [-0.1, -0.05) is 6.07 Å². The van der Waals surface area contributed by atoms with Crippen LogP contribution in [0.3, 0.4) is 0 Å². The first-order valence-corrected chi connectivity index (χ1v) is 5.78. The van der Waals surface area contributed by atoms with Crippen LogP contribution in [-0.4, -0.2) is 33.2 Å². The molecule has 100 valence electrons. The van der Waals surface area contributed by atoms with Crippen molar-refractivity contribution in [3.63, 3.8) is 0 Å². The second-order valence-corrected chi connectivity index (χ2v) is 3.91. The number of benzene rings is 1. The Morgan fingerprint density at radius 2 is 1.94 bits per heavy atom. The van der Waals surface area contributed by atoms with E-state index in [2.05, 4.69) is 10.6 Å². The number of nitrogens with one attached hydrogen (secondary N) is 2. The summed E-state index contributed by atoms with van der Waals surface area (Å²) in [6.07, 6.45) is 0. The van der Waals surface area contributed by atoms with E-state index in [-0.39, 0.29) is 11.9 Å². The second-order valence-electron chi connectivity index (χ2n) is 3.91. The number of rotatable bonds is 6. The third kappa shape index (κ3) is 3.63. The van der Waals surface area contributed by atoms with Crippen molar-refractivity contribution in [1.82, 2.24) is 10.6 Å². The van der Waals surface area contributed by atoms with Crippen LogP contribution in [0.15, 0.2) is 18.2 Å². The van der Waals surface area contributed by atoms with Gasteiger partial charge in [0.15, 0.2) is 11.5 Å². The van der Waals surface area contributed by atoms with Gasteiger partial charge in [-0.25, -0.2) is 0 Å². The van der Waals surface area contributed by atoms with Gasteiger partial charge in [0.1, 0.15) is 0 Å². The number of hydrogen-bond acceptors (Lipinski definition) is 4. The Morgan fingerprint density at radius 3 is 2.50 bits per heavy atom. The van der Waals surface area contributed by atoms with Gasteiger partial charge in [-0.05, 0) is 24.6 Å². The maximum absolute atomic E-state index is 11.3. The highest BCUT2D eigenvalue weighted by atomic mass is 16.5. The van der Waals surface area contributed by atoms with Gasteiger partial charge in [0.05, 0.1) is 20.3 Å². The van der Waals surface area contributed by atoms with Crippen LogP contribution in [0.25, 0.3) is 0 Å². The minimum absolute atomic E-state index is 0.0320. The quantitative estimate of drug-likeness (QED) is 0.790. The minimum Gasteiger partial charge on any atom is -0.493 e. The molecule has 0 saturated carbocycles. The van der Waals surface area contributed by atoms with Crippen molar-refractivity contribution in [3.8, 4) is 11.5 Å². The van der Waals surface area contributed by atoms with Crippen molar-refractivity contribution in [1.29, 1.82) is 0 Å². The minimum atomic E-state index is -0.233. The lowest BCUT2D eigenvalue weighted by atomic mass is 10.2. The van der Waals surface area contributed by atoms with Gasteiger partial charge >= 0.3 is 0 Å². The zero-order valence-corrected chi connectivity index (χ0v) is 11.2. The van der Waals surface area contributed by atoms with Crippen LogP contribution in [0, 0.1) is 0 Å². The fourth-order valence-electron chi connectivity index (χ4n) is 1.57. The summed E-state index contributed by atoms with van der Waals surface area (Å²) in [6, 6.07) is 5.44. The fourth-order valence-corrected chi connectivity index (χ4v) is 1.57. The molecule has 0 aliphatic carbocycles. The highest BCUT2D eigenvalue weighted by Crippen LogP contribution is 2.27. The number of carbonyl (C=O) groups is 1. The highest BCUT2D eigenvalue weighted by Gasteiger charge is 2.10. The Morgan fingerprint density at radius 1 is 1.28 bits per heavy atom. The number of hydrogen-bond donors (Lipinski definition) is 2. The molecule has 1 amide bonds. The molecule has 0 aliphatic heterocycles. The van der Waals surface area contributed by atoms with Gasteiger partial charge < -0.3 is 20.1 Å². The van der Waals surface area contributed by atoms with E-state index in [0.29, 0.717) is 18.0 Å². The van der Waals surface area contributed by atoms with E-state index in [1.54, 1.807) is 21.3 Å². The van der Waals surface area contributed by atoms with Gasteiger partial charge in [0.2, 0.25) is 5.91 Å². The molecule has 18 heavy (non-hydrogen) atoms. The van der Waals surface area contributed by atoms with E-state index in [1.807, 2.05) is 25.1 Å². The topological polar surface area (TPSA) is 59.6 Å². The summed E-state index contributed by atoms with van der Waals surface area (Å²) in [6.45, 7) is 2.41. The average Bonchev–Trinajstić information content (AvgIpc) is 2.43. The Balaban J connectivity index is 2.65. The standard InChI is InChI=1S/C13H20N2O3/c1-9(13(16)14-2)15-8-10-5-6-11(17-3)12(7-10)18-4/h5-7,9,15H,8H2,1-4H3,(H,14,16). The Hall–Kier alpha value is -1.75. The molecule has 2 N–H and O–H groups in total. The molecule has 1 unspecified atom stereocenters. The monoisotopic (exact) mass is 252 g/mol. The lowest BCUT2D eigenvalue weighted by Gasteiger charge is -2.13. The smallest absolute Gasteiger partial charge is 0.236 e. The van der Waals surface area contributed by atoms with Gasteiger partial charge in [-0.15, -0.1) is 0 Å². The molecule has 0 saturated heterocycles. The molecule has 0 bridgehead atoms. The van der Waals surface area contributed by atoms with Crippen LogP contribution in [0.2, 0.25) is 0 Å². The molecule has 1 atom stereocenters. The number of likely N-dealkylation sites (N-methyl/N-ethyl adjacent to an activating group) is 1. The van der Waals surface area contributed by atoms with Crippen molar-refractivity contribution in [2.24, 2.45) is 0 Å². The molecule has 0 radical (unpaired) electrons. The number of amides is 1. The van der Waals surface area contributed by atoms with Crippen LogP contribution in [0.1, 0.15) is 12.5 Å². The first-order chi connectivity index (χ1) is 8.62. The lowest BCUT2D eigenvalue weighted by Crippen LogP contribution is -2.40. The van der Waals surface area contributed by atoms with Crippen molar-refractivity contribution in [3.05, 3.63) is 23.8 Å². The Labute approximate surface area is 107 Å². The average molecular weight is 252 g/mol. The summed E-state index contributed by atoms with van der Waals surface area (Å²) in [7, 11) is 4.82. The van der Waals surface area contributed by atoms with Crippen LogP contribution in [0.4, 0.5) is 0 Å². The van der Waals surface area contributed by atoms with E-state index < -0.39 is 0 Å². The first-order valence-electron chi connectivity index (χ1n) is 5.78. The van der Waals surface area contributed by atoms with Gasteiger partial charge in [-0.3, -0.25) is 4.79 Å². The van der Waals surface area contributed by atoms with Crippen molar-refractivity contribution in [2.45, 2.75) is 19.5 Å². The Bertz CT molecular complexity index is 407. The van der Waals surface area contributed by atoms with Crippen LogP contribution in [-0.2, 0) is 11.3 Å². The number of methoxy groups -OCH3 is 2. The van der Waals surface area contributed by atoms with Crippen molar-refractivity contribution < 1.29 is 14.3 Å². The zero-order chi connectivity index (χ0) is 13.5. The molecule has 0 heterocycles. The molecular weight excluding hydrogens is 232 g/mol. The van der Waals surface area contributed by atoms with Crippen molar-refractivity contribution >= 4 is 5.91 Å². The predicted octanol–water partition coefficient (Wildman–Crippen LogP) is 0.928. The molecular formula is C13H20N2O3. The molecule has 0 fully saturated rings. The largest absolute Gasteiger partial charge is 0.493 e. The summed E-state index contributed by atoms with van der Waals surface area (Å²) < 4.78 is 10.4. The van der Waals surface area contributed by atoms with E-state index in [9.17, 15) is 4.79 Å². The molecule has 1 aromatic rings. The SMILES string of the molecule is CNC(=O)C(C)NCc1ccc(OC)c(OC)c1. The normalized spacial score (nSPS) is 11.8. The number of carbonyl (C=O) groups excluding carboxylic acids is 1. The zero-order valence-electron chi connectivity index (χ0n) is 11.2. The van der Waals surface area contributed by atoms with Gasteiger partial charge in [-0.2, -0.15) is 0 Å². The molecule has 1 aromatic carbocycles. The molecule has 5 nitrogen and oxygen atoms in total. The lowest BCUT2D eigenvalue weighted by molar-refractivity contribution is -0.122. The molecule has 5 heteroatoms. The molecule has 0 spiro atoms. The van der Waals surface area contributed by atoms with Gasteiger partial charge in [0.25, 0.3) is 0 Å². The van der Waals surface area contributed by atoms with Crippen LogP contribution in [0.5, 0.6) is 11.5 Å². The molecule has 0 aliphatic rings. The highest BCUT2D eigenvalue weighted by molar-refractivity contribution is 5.80. The van der Waals surface area contributed by atoms with Crippen LogP contribution >= 0.6 is 0 Å². The van der Waals surface area contributed by atoms with Gasteiger partial charge in [0, 0.05) is 13.6 Å². The molecule has 0 aromatic heterocycles. The third-order valence-electron chi connectivity index (χ3n) is 2.70. The van der Waals surface area contributed by atoms with Crippen molar-refractivity contribution in [2.75, 3.05) is 21.3 Å². The maximum Gasteiger partial charge on any atom is 0.236 e.